The van der Waals surface area contributed by atoms with Crippen molar-refractivity contribution in [2.45, 2.75) is 45.2 Å². The van der Waals surface area contributed by atoms with E-state index in [1.54, 1.807) is 7.11 Å². The third kappa shape index (κ3) is 3.15. The number of piperidine rings is 1. The number of likely N-dealkylation sites (tertiary alicyclic amines) is 1. The number of anilines is 1. The van der Waals surface area contributed by atoms with Gasteiger partial charge in [0.05, 0.1) is 19.0 Å². The largest absolute Gasteiger partial charge is 0.481 e. The Bertz CT molecular complexity index is 446. The van der Waals surface area contributed by atoms with Gasteiger partial charge in [0.15, 0.2) is 0 Å². The van der Waals surface area contributed by atoms with Crippen LogP contribution in [-0.4, -0.2) is 42.2 Å². The predicted molar refractivity (Wildman–Crippen MR) is 85.7 cm³/mol. The average Bonchev–Trinajstić information content (AvgIpc) is 2.47. The Hall–Kier alpha value is -1.29. The number of rotatable bonds is 4. The minimum atomic E-state index is 0.601. The van der Waals surface area contributed by atoms with Gasteiger partial charge in [-0.15, -0.1) is 0 Å². The Labute approximate surface area is 127 Å². The normalized spacial score (nSPS) is 29.4. The minimum Gasteiger partial charge on any atom is -0.481 e. The quantitative estimate of drug-likeness (QED) is 0.924. The smallest absolute Gasteiger partial charge is 0.213 e. The van der Waals surface area contributed by atoms with Crippen LogP contribution in [0.3, 0.4) is 0 Å². The molecule has 2 atom stereocenters. The van der Waals surface area contributed by atoms with Gasteiger partial charge < -0.3 is 15.0 Å². The third-order valence-corrected chi connectivity index (χ3v) is 5.11. The molecule has 116 valence electrons. The molecule has 4 nitrogen and oxygen atoms in total. The number of hydrogen-bond acceptors (Lipinski definition) is 4. The van der Waals surface area contributed by atoms with Crippen LogP contribution in [0.15, 0.2) is 18.3 Å². The van der Waals surface area contributed by atoms with Gasteiger partial charge in [-0.05, 0) is 44.6 Å². The summed E-state index contributed by atoms with van der Waals surface area (Å²) in [6, 6.07) is 5.28. The van der Waals surface area contributed by atoms with Gasteiger partial charge in [-0.3, -0.25) is 0 Å². The topological polar surface area (TPSA) is 37.4 Å². The predicted octanol–water partition coefficient (Wildman–Crippen LogP) is 3.01. The van der Waals surface area contributed by atoms with Crippen molar-refractivity contribution in [1.29, 1.82) is 0 Å². The number of aromatic nitrogens is 1. The highest BCUT2D eigenvalue weighted by Crippen LogP contribution is 2.37. The first kappa shape index (κ1) is 14.6. The van der Waals surface area contributed by atoms with Crippen molar-refractivity contribution in [2.24, 2.45) is 11.8 Å². The summed E-state index contributed by atoms with van der Waals surface area (Å²) in [6.45, 7) is 7.10. The summed E-state index contributed by atoms with van der Waals surface area (Å²) in [4.78, 5) is 6.96. The fourth-order valence-electron chi connectivity index (χ4n) is 3.91. The molecule has 2 unspecified atom stereocenters. The molecule has 4 heteroatoms. The maximum Gasteiger partial charge on any atom is 0.213 e. The first-order chi connectivity index (χ1) is 10.2. The number of hydrogen-bond donors (Lipinski definition) is 1. The first-order valence-electron chi connectivity index (χ1n) is 8.18. The Morgan fingerprint density at radius 3 is 2.48 bits per heavy atom. The number of nitrogens with zero attached hydrogens (tertiary/aromatic N) is 2. The van der Waals surface area contributed by atoms with Crippen molar-refractivity contribution in [1.82, 2.24) is 9.88 Å². The van der Waals surface area contributed by atoms with Gasteiger partial charge in [-0.25, -0.2) is 4.98 Å². The molecule has 21 heavy (non-hydrogen) atoms. The highest BCUT2D eigenvalue weighted by molar-refractivity contribution is 5.43. The highest BCUT2D eigenvalue weighted by Gasteiger charge is 2.39. The fourth-order valence-corrected chi connectivity index (χ4v) is 3.91. The summed E-state index contributed by atoms with van der Waals surface area (Å²) in [6.07, 6.45) is 5.98. The summed E-state index contributed by atoms with van der Waals surface area (Å²) in [5.41, 5.74) is 1.12. The molecule has 0 amide bonds. The van der Waals surface area contributed by atoms with Gasteiger partial charge >= 0.3 is 0 Å². The van der Waals surface area contributed by atoms with Crippen molar-refractivity contribution in [3.63, 3.8) is 0 Å². The standard InChI is InChI=1S/C17H27N3O/c1-12(2)20-10-13-5-4-6-14(11-20)17(13)19-15-7-8-16(21-3)18-9-15/h7-9,12-14,17,19H,4-6,10-11H2,1-3H3. The van der Waals surface area contributed by atoms with E-state index in [9.17, 15) is 0 Å². The Balaban J connectivity index is 1.70. The second-order valence-corrected chi connectivity index (χ2v) is 6.76. The lowest BCUT2D eigenvalue weighted by Crippen LogP contribution is -2.56. The summed E-state index contributed by atoms with van der Waals surface area (Å²) < 4.78 is 5.13. The van der Waals surface area contributed by atoms with Gasteiger partial charge in [-0.2, -0.15) is 0 Å². The fraction of sp³-hybridized carbons (Fsp3) is 0.706. The molecule has 0 aromatic carbocycles. The van der Waals surface area contributed by atoms with E-state index in [4.69, 9.17) is 4.74 Å². The number of nitrogens with one attached hydrogen (secondary N) is 1. The number of fused-ring (bicyclic) bond motifs is 2. The van der Waals surface area contributed by atoms with Crippen LogP contribution in [0.2, 0.25) is 0 Å². The van der Waals surface area contributed by atoms with Crippen LogP contribution >= 0.6 is 0 Å². The second-order valence-electron chi connectivity index (χ2n) is 6.76. The monoisotopic (exact) mass is 289 g/mol. The molecule has 2 aliphatic rings. The maximum absolute atomic E-state index is 5.13. The molecule has 1 saturated carbocycles. The van der Waals surface area contributed by atoms with Crippen molar-refractivity contribution in [3.8, 4) is 5.88 Å². The van der Waals surface area contributed by atoms with Gasteiger partial charge in [0.1, 0.15) is 0 Å². The van der Waals surface area contributed by atoms with Crippen molar-refractivity contribution >= 4 is 5.69 Å². The molecular formula is C17H27N3O. The van der Waals surface area contributed by atoms with E-state index in [-0.39, 0.29) is 0 Å². The first-order valence-corrected chi connectivity index (χ1v) is 8.18. The SMILES string of the molecule is COc1ccc(NC2C3CCCC2CN(C(C)C)C3)cn1. The molecule has 0 radical (unpaired) electrons. The van der Waals surface area contributed by atoms with E-state index >= 15 is 0 Å². The van der Waals surface area contributed by atoms with Gasteiger partial charge in [0.2, 0.25) is 5.88 Å². The number of ether oxygens (including phenoxy) is 1. The summed E-state index contributed by atoms with van der Waals surface area (Å²) in [5.74, 6) is 2.21. The van der Waals surface area contributed by atoms with E-state index in [2.05, 4.69) is 35.1 Å². The van der Waals surface area contributed by atoms with E-state index < -0.39 is 0 Å². The molecule has 1 N–H and O–H groups in total. The Morgan fingerprint density at radius 1 is 1.24 bits per heavy atom. The molecule has 1 aliphatic heterocycles. The van der Waals surface area contributed by atoms with Crippen molar-refractivity contribution < 1.29 is 4.74 Å². The summed E-state index contributed by atoms with van der Waals surface area (Å²) in [7, 11) is 1.65. The van der Waals surface area contributed by atoms with Crippen LogP contribution in [0.1, 0.15) is 33.1 Å². The lowest BCUT2D eigenvalue weighted by atomic mass is 9.73. The number of methoxy groups -OCH3 is 1. The molecule has 1 saturated heterocycles. The van der Waals surface area contributed by atoms with Gasteiger partial charge in [0.25, 0.3) is 0 Å². The molecule has 2 bridgehead atoms. The Morgan fingerprint density at radius 2 is 1.95 bits per heavy atom. The van der Waals surface area contributed by atoms with Crippen LogP contribution in [0.25, 0.3) is 0 Å². The molecule has 0 spiro atoms. The lowest BCUT2D eigenvalue weighted by molar-refractivity contribution is 0.0518. The average molecular weight is 289 g/mol. The minimum absolute atomic E-state index is 0.601. The molecule has 2 fully saturated rings. The van der Waals surface area contributed by atoms with Crippen molar-refractivity contribution in [2.75, 3.05) is 25.5 Å². The lowest BCUT2D eigenvalue weighted by Gasteiger charge is -2.49. The summed E-state index contributed by atoms with van der Waals surface area (Å²) in [5, 5.41) is 3.75. The van der Waals surface area contributed by atoms with E-state index in [1.807, 2.05) is 12.3 Å². The molecule has 1 aliphatic carbocycles. The molecule has 3 rings (SSSR count). The van der Waals surface area contributed by atoms with Crippen LogP contribution in [0.4, 0.5) is 5.69 Å². The highest BCUT2D eigenvalue weighted by atomic mass is 16.5. The van der Waals surface area contributed by atoms with Gasteiger partial charge in [0, 0.05) is 31.2 Å². The van der Waals surface area contributed by atoms with Crippen LogP contribution in [0, 0.1) is 11.8 Å². The van der Waals surface area contributed by atoms with E-state index in [0.717, 1.165) is 17.5 Å². The summed E-state index contributed by atoms with van der Waals surface area (Å²) >= 11 is 0. The zero-order valence-corrected chi connectivity index (χ0v) is 13.4. The van der Waals surface area contributed by atoms with Crippen LogP contribution in [-0.2, 0) is 0 Å². The molecule has 2 heterocycles. The third-order valence-electron chi connectivity index (χ3n) is 5.11. The maximum atomic E-state index is 5.13. The zero-order chi connectivity index (χ0) is 14.8. The molecule has 1 aromatic rings. The number of pyridine rings is 1. The molecule has 1 aromatic heterocycles. The molecular weight excluding hydrogens is 262 g/mol. The van der Waals surface area contributed by atoms with Crippen LogP contribution < -0.4 is 10.1 Å². The van der Waals surface area contributed by atoms with Crippen molar-refractivity contribution in [3.05, 3.63) is 18.3 Å². The second kappa shape index (κ2) is 6.22. The van der Waals surface area contributed by atoms with Gasteiger partial charge in [-0.1, -0.05) is 6.42 Å². The van der Waals surface area contributed by atoms with E-state index in [0.29, 0.717) is 18.0 Å². The van der Waals surface area contributed by atoms with E-state index in [1.165, 1.54) is 32.4 Å². The zero-order valence-electron chi connectivity index (χ0n) is 13.4. The Kier molecular flexibility index (Phi) is 4.34. The van der Waals surface area contributed by atoms with Crippen LogP contribution in [0.5, 0.6) is 5.88 Å².